The molecule has 3 nitrogen and oxygen atoms in total. The Labute approximate surface area is 73.5 Å². The molecule has 0 amide bonds. The minimum Gasteiger partial charge on any atom is -0.464 e. The van der Waals surface area contributed by atoms with Crippen molar-refractivity contribution in [3.05, 3.63) is 0 Å². The summed E-state index contributed by atoms with van der Waals surface area (Å²) < 4.78 is 4.84. The van der Waals surface area contributed by atoms with Gasteiger partial charge in [0.05, 0.1) is 6.61 Å². The second kappa shape index (κ2) is 4.45. The van der Waals surface area contributed by atoms with Crippen molar-refractivity contribution in [2.24, 2.45) is 0 Å². The largest absolute Gasteiger partial charge is 0.464 e. The summed E-state index contributed by atoms with van der Waals surface area (Å²) in [6.45, 7) is 4.83. The third kappa shape index (κ3) is 2.48. The first kappa shape index (κ1) is 9.52. The lowest BCUT2D eigenvalue weighted by Crippen LogP contribution is -2.39. The van der Waals surface area contributed by atoms with Crippen molar-refractivity contribution >= 4 is 5.97 Å². The molecule has 0 aromatic heterocycles. The number of ether oxygens (including phenoxy) is 1. The van der Waals surface area contributed by atoms with Crippen LogP contribution in [0.2, 0.25) is 0 Å². The molecule has 0 bridgehead atoms. The SMILES string of the molecule is CCCC(C)NC1CCOC1=O. The van der Waals surface area contributed by atoms with E-state index in [1.165, 1.54) is 0 Å². The van der Waals surface area contributed by atoms with E-state index in [0.717, 1.165) is 19.3 Å². The molecule has 1 aliphatic heterocycles. The summed E-state index contributed by atoms with van der Waals surface area (Å²) in [5.41, 5.74) is 0. The van der Waals surface area contributed by atoms with Gasteiger partial charge in [0.15, 0.2) is 0 Å². The molecule has 0 aromatic rings. The van der Waals surface area contributed by atoms with Crippen molar-refractivity contribution in [2.75, 3.05) is 6.61 Å². The molecule has 70 valence electrons. The first-order valence-corrected chi connectivity index (χ1v) is 4.66. The normalized spacial score (nSPS) is 25.5. The summed E-state index contributed by atoms with van der Waals surface area (Å²) in [5.74, 6) is -0.0852. The summed E-state index contributed by atoms with van der Waals surface area (Å²) in [6, 6.07) is 0.372. The predicted molar refractivity (Wildman–Crippen MR) is 46.9 cm³/mol. The van der Waals surface area contributed by atoms with Crippen LogP contribution in [0.5, 0.6) is 0 Å². The second-order valence-electron chi connectivity index (χ2n) is 3.37. The molecule has 2 atom stereocenters. The number of carbonyl (C=O) groups is 1. The molecule has 1 heterocycles. The van der Waals surface area contributed by atoms with Crippen molar-refractivity contribution in [3.8, 4) is 0 Å². The first-order valence-electron chi connectivity index (χ1n) is 4.66. The Bertz CT molecular complexity index is 159. The van der Waals surface area contributed by atoms with Crippen LogP contribution in [0.1, 0.15) is 33.1 Å². The number of esters is 1. The Morgan fingerprint density at radius 1 is 1.75 bits per heavy atom. The Morgan fingerprint density at radius 2 is 2.50 bits per heavy atom. The van der Waals surface area contributed by atoms with Crippen LogP contribution < -0.4 is 5.32 Å². The van der Waals surface area contributed by atoms with Gasteiger partial charge in [-0.2, -0.15) is 0 Å². The van der Waals surface area contributed by atoms with E-state index >= 15 is 0 Å². The lowest BCUT2D eigenvalue weighted by atomic mass is 10.1. The van der Waals surface area contributed by atoms with Crippen LogP contribution in [0.3, 0.4) is 0 Å². The van der Waals surface area contributed by atoms with E-state index in [-0.39, 0.29) is 12.0 Å². The lowest BCUT2D eigenvalue weighted by Gasteiger charge is -2.15. The van der Waals surface area contributed by atoms with Crippen LogP contribution in [-0.4, -0.2) is 24.7 Å². The van der Waals surface area contributed by atoms with E-state index in [2.05, 4.69) is 19.2 Å². The van der Waals surface area contributed by atoms with E-state index in [9.17, 15) is 4.79 Å². The third-order valence-corrected chi connectivity index (χ3v) is 2.14. The molecule has 0 spiro atoms. The van der Waals surface area contributed by atoms with E-state index in [1.54, 1.807) is 0 Å². The van der Waals surface area contributed by atoms with Gasteiger partial charge < -0.3 is 10.1 Å². The molecular formula is C9H17NO2. The molecule has 0 aromatic carbocycles. The van der Waals surface area contributed by atoms with Gasteiger partial charge in [0.25, 0.3) is 0 Å². The average Bonchev–Trinajstić information content (AvgIpc) is 2.37. The molecule has 1 saturated heterocycles. The molecule has 1 N–H and O–H groups in total. The van der Waals surface area contributed by atoms with Crippen molar-refractivity contribution in [1.29, 1.82) is 0 Å². The predicted octanol–water partition coefficient (Wildman–Crippen LogP) is 1.08. The molecule has 2 unspecified atom stereocenters. The summed E-state index contributed by atoms with van der Waals surface area (Å²) in [5, 5.41) is 3.25. The maximum Gasteiger partial charge on any atom is 0.323 e. The van der Waals surface area contributed by atoms with Crippen molar-refractivity contribution in [2.45, 2.75) is 45.2 Å². The van der Waals surface area contributed by atoms with Gasteiger partial charge in [-0.1, -0.05) is 13.3 Å². The molecule has 1 rings (SSSR count). The number of hydrogen-bond acceptors (Lipinski definition) is 3. The number of hydrogen-bond donors (Lipinski definition) is 1. The fourth-order valence-corrected chi connectivity index (χ4v) is 1.51. The van der Waals surface area contributed by atoms with Gasteiger partial charge >= 0.3 is 5.97 Å². The topological polar surface area (TPSA) is 38.3 Å². The van der Waals surface area contributed by atoms with Gasteiger partial charge in [0.2, 0.25) is 0 Å². The number of cyclic esters (lactones) is 1. The molecule has 1 aliphatic rings. The number of nitrogens with one attached hydrogen (secondary N) is 1. The first-order chi connectivity index (χ1) is 5.74. The fraction of sp³-hybridized carbons (Fsp3) is 0.889. The maximum absolute atomic E-state index is 11.0. The zero-order valence-corrected chi connectivity index (χ0v) is 7.80. The lowest BCUT2D eigenvalue weighted by molar-refractivity contribution is -0.139. The zero-order chi connectivity index (χ0) is 8.97. The van der Waals surface area contributed by atoms with E-state index in [0.29, 0.717) is 12.6 Å². The minimum absolute atomic E-state index is 0.0495. The van der Waals surface area contributed by atoms with Crippen LogP contribution in [-0.2, 0) is 9.53 Å². The van der Waals surface area contributed by atoms with Gasteiger partial charge in [-0.25, -0.2) is 0 Å². The van der Waals surface area contributed by atoms with Gasteiger partial charge in [-0.3, -0.25) is 4.79 Å². The fourth-order valence-electron chi connectivity index (χ4n) is 1.51. The van der Waals surface area contributed by atoms with Crippen LogP contribution in [0, 0.1) is 0 Å². The Kier molecular flexibility index (Phi) is 3.53. The van der Waals surface area contributed by atoms with Crippen molar-refractivity contribution in [1.82, 2.24) is 5.32 Å². The summed E-state index contributed by atoms with van der Waals surface area (Å²) in [7, 11) is 0. The molecule has 3 heteroatoms. The number of carbonyl (C=O) groups excluding carboxylic acids is 1. The smallest absolute Gasteiger partial charge is 0.323 e. The quantitative estimate of drug-likeness (QED) is 0.643. The van der Waals surface area contributed by atoms with Crippen LogP contribution in [0.4, 0.5) is 0 Å². The van der Waals surface area contributed by atoms with Gasteiger partial charge in [0, 0.05) is 12.5 Å². The standard InChI is InChI=1S/C9H17NO2/c1-3-4-7(2)10-8-5-6-12-9(8)11/h7-8,10H,3-6H2,1-2H3. The highest BCUT2D eigenvalue weighted by atomic mass is 16.5. The molecule has 0 saturated carbocycles. The molecule has 1 fully saturated rings. The highest BCUT2D eigenvalue weighted by molar-refractivity contribution is 5.77. The summed E-state index contributed by atoms with van der Waals surface area (Å²) in [6.07, 6.45) is 3.09. The van der Waals surface area contributed by atoms with E-state index in [1.807, 2.05) is 0 Å². The van der Waals surface area contributed by atoms with Crippen LogP contribution >= 0.6 is 0 Å². The van der Waals surface area contributed by atoms with Crippen molar-refractivity contribution in [3.63, 3.8) is 0 Å². The maximum atomic E-state index is 11.0. The van der Waals surface area contributed by atoms with Crippen molar-refractivity contribution < 1.29 is 9.53 Å². The minimum atomic E-state index is -0.0852. The van der Waals surface area contributed by atoms with Gasteiger partial charge in [-0.15, -0.1) is 0 Å². The van der Waals surface area contributed by atoms with E-state index < -0.39 is 0 Å². The highest BCUT2D eigenvalue weighted by Crippen LogP contribution is 2.07. The highest BCUT2D eigenvalue weighted by Gasteiger charge is 2.26. The third-order valence-electron chi connectivity index (χ3n) is 2.14. The second-order valence-corrected chi connectivity index (χ2v) is 3.37. The number of rotatable bonds is 4. The molecule has 0 aliphatic carbocycles. The van der Waals surface area contributed by atoms with Crippen LogP contribution in [0.15, 0.2) is 0 Å². The molecular weight excluding hydrogens is 154 g/mol. The summed E-state index contributed by atoms with van der Waals surface area (Å²) in [4.78, 5) is 11.0. The van der Waals surface area contributed by atoms with E-state index in [4.69, 9.17) is 4.74 Å². The average molecular weight is 171 g/mol. The Morgan fingerprint density at radius 3 is 3.00 bits per heavy atom. The monoisotopic (exact) mass is 171 g/mol. The summed E-state index contributed by atoms with van der Waals surface area (Å²) >= 11 is 0. The zero-order valence-electron chi connectivity index (χ0n) is 7.80. The van der Waals surface area contributed by atoms with Gasteiger partial charge in [-0.05, 0) is 13.3 Å². The Hall–Kier alpha value is -0.570. The molecule has 12 heavy (non-hydrogen) atoms. The van der Waals surface area contributed by atoms with Crippen LogP contribution in [0.25, 0.3) is 0 Å². The Balaban J connectivity index is 2.25. The molecule has 0 radical (unpaired) electrons. The van der Waals surface area contributed by atoms with Gasteiger partial charge in [0.1, 0.15) is 6.04 Å².